The highest BCUT2D eigenvalue weighted by Crippen LogP contribution is 2.36. The fourth-order valence-electron chi connectivity index (χ4n) is 3.97. The number of hydrogen-bond donors (Lipinski definition) is 2. The molecule has 4 aromatic rings. The van der Waals surface area contributed by atoms with E-state index in [0.717, 1.165) is 33.3 Å². The molecule has 1 aromatic heterocycles. The molecular formula is C30H27N3O4. The zero-order valence-electron chi connectivity index (χ0n) is 20.7. The SMILES string of the molecule is C=CCc1cc(C=C(C#N)c2nc3ccc(C)cc3[nH]2)cc(OCC)c1OCc1ccc(C(=O)O)cc1. The van der Waals surface area contributed by atoms with Crippen molar-refractivity contribution in [1.82, 2.24) is 9.97 Å². The predicted molar refractivity (Wildman–Crippen MR) is 144 cm³/mol. The van der Waals surface area contributed by atoms with Crippen LogP contribution in [0.1, 0.15) is 45.4 Å². The van der Waals surface area contributed by atoms with Gasteiger partial charge in [0.1, 0.15) is 18.5 Å². The molecule has 4 rings (SSSR count). The molecule has 0 bridgehead atoms. The Morgan fingerprint density at radius 1 is 1.16 bits per heavy atom. The quantitative estimate of drug-likeness (QED) is 0.197. The van der Waals surface area contributed by atoms with Crippen molar-refractivity contribution in [1.29, 1.82) is 5.26 Å². The maximum absolute atomic E-state index is 11.1. The first-order valence-corrected chi connectivity index (χ1v) is 11.9. The molecule has 37 heavy (non-hydrogen) atoms. The summed E-state index contributed by atoms with van der Waals surface area (Å²) in [6.45, 7) is 8.43. The number of aryl methyl sites for hydroxylation is 1. The van der Waals surface area contributed by atoms with Crippen LogP contribution in [0.5, 0.6) is 11.5 Å². The molecule has 0 saturated heterocycles. The maximum atomic E-state index is 11.1. The Morgan fingerprint density at radius 2 is 1.95 bits per heavy atom. The number of H-pyrrole nitrogens is 1. The lowest BCUT2D eigenvalue weighted by atomic mass is 10.0. The molecule has 0 atom stereocenters. The van der Waals surface area contributed by atoms with E-state index < -0.39 is 5.97 Å². The number of carboxylic acids is 1. The fraction of sp³-hybridized carbons (Fsp3) is 0.167. The second-order valence-electron chi connectivity index (χ2n) is 8.50. The van der Waals surface area contributed by atoms with Crippen LogP contribution in [-0.4, -0.2) is 27.7 Å². The van der Waals surface area contributed by atoms with E-state index in [1.165, 1.54) is 0 Å². The summed E-state index contributed by atoms with van der Waals surface area (Å²) in [7, 11) is 0. The lowest BCUT2D eigenvalue weighted by Gasteiger charge is -2.17. The van der Waals surface area contributed by atoms with Crippen molar-refractivity contribution in [3.05, 3.63) is 101 Å². The summed E-state index contributed by atoms with van der Waals surface area (Å²) in [5.41, 5.74) is 5.84. The van der Waals surface area contributed by atoms with Crippen LogP contribution in [0.2, 0.25) is 0 Å². The van der Waals surface area contributed by atoms with E-state index in [4.69, 9.17) is 14.6 Å². The first-order valence-electron chi connectivity index (χ1n) is 11.9. The van der Waals surface area contributed by atoms with Crippen molar-refractivity contribution >= 4 is 28.7 Å². The number of rotatable bonds is 10. The Kier molecular flexibility index (Phi) is 7.70. The Bertz CT molecular complexity index is 1530. The summed E-state index contributed by atoms with van der Waals surface area (Å²) in [6.07, 6.45) is 4.08. The second-order valence-corrected chi connectivity index (χ2v) is 8.50. The van der Waals surface area contributed by atoms with Gasteiger partial charge in [-0.25, -0.2) is 9.78 Å². The van der Waals surface area contributed by atoms with Gasteiger partial charge in [-0.3, -0.25) is 0 Å². The number of carbonyl (C=O) groups is 1. The molecule has 0 saturated carbocycles. The van der Waals surface area contributed by atoms with Crippen LogP contribution in [0.3, 0.4) is 0 Å². The number of allylic oxidation sites excluding steroid dienone is 2. The summed E-state index contributed by atoms with van der Waals surface area (Å²) < 4.78 is 12.1. The average molecular weight is 494 g/mol. The summed E-state index contributed by atoms with van der Waals surface area (Å²) in [5, 5.41) is 19.0. The standard InChI is InChI=1S/C30H27N3O4/c1-4-6-23-14-21(15-24(17-31)29-32-25-12-7-19(3)13-26(25)33-29)16-27(36-5-2)28(23)37-18-20-8-10-22(11-9-20)30(34)35/h4,7-16H,1,5-6,18H2,2-3H3,(H,32,33)(H,34,35). The maximum Gasteiger partial charge on any atom is 0.335 e. The molecule has 0 aliphatic heterocycles. The lowest BCUT2D eigenvalue weighted by Crippen LogP contribution is -2.04. The third-order valence-corrected chi connectivity index (χ3v) is 5.73. The largest absolute Gasteiger partial charge is 0.490 e. The Morgan fingerprint density at radius 3 is 2.62 bits per heavy atom. The number of nitrogens with one attached hydrogen (secondary N) is 1. The molecule has 0 unspecified atom stereocenters. The van der Waals surface area contributed by atoms with Gasteiger partial charge >= 0.3 is 5.97 Å². The van der Waals surface area contributed by atoms with Crippen LogP contribution in [0.15, 0.2) is 67.3 Å². The molecule has 1 heterocycles. The van der Waals surface area contributed by atoms with Crippen LogP contribution >= 0.6 is 0 Å². The molecule has 7 nitrogen and oxygen atoms in total. The van der Waals surface area contributed by atoms with E-state index in [2.05, 4.69) is 22.6 Å². The van der Waals surface area contributed by atoms with Gasteiger partial charge in [-0.1, -0.05) is 24.3 Å². The minimum atomic E-state index is -0.975. The van der Waals surface area contributed by atoms with E-state index in [0.29, 0.717) is 35.9 Å². The second kappa shape index (κ2) is 11.3. The Hall–Kier alpha value is -4.83. The molecule has 0 aliphatic carbocycles. The van der Waals surface area contributed by atoms with Gasteiger partial charge in [-0.2, -0.15) is 5.26 Å². The number of aromatic amines is 1. The van der Waals surface area contributed by atoms with Gasteiger partial charge in [-0.15, -0.1) is 6.58 Å². The number of imidazole rings is 1. The number of aromatic nitrogens is 2. The number of benzene rings is 3. The fourth-order valence-corrected chi connectivity index (χ4v) is 3.97. The smallest absolute Gasteiger partial charge is 0.335 e. The average Bonchev–Trinajstić information content (AvgIpc) is 3.30. The van der Waals surface area contributed by atoms with Crippen LogP contribution in [0.25, 0.3) is 22.7 Å². The summed E-state index contributed by atoms with van der Waals surface area (Å²) in [6, 6.07) is 18.5. The van der Waals surface area contributed by atoms with Crippen LogP contribution < -0.4 is 9.47 Å². The van der Waals surface area contributed by atoms with E-state index >= 15 is 0 Å². The van der Waals surface area contributed by atoms with Crippen molar-refractivity contribution in [2.75, 3.05) is 6.61 Å². The van der Waals surface area contributed by atoms with Gasteiger partial charge in [0.25, 0.3) is 0 Å². The number of fused-ring (bicyclic) bond motifs is 1. The predicted octanol–water partition coefficient (Wildman–Crippen LogP) is 6.34. The topological polar surface area (TPSA) is 108 Å². The molecule has 0 amide bonds. The highest BCUT2D eigenvalue weighted by molar-refractivity contribution is 5.91. The van der Waals surface area contributed by atoms with Gasteiger partial charge in [0.2, 0.25) is 0 Å². The zero-order valence-corrected chi connectivity index (χ0v) is 20.7. The van der Waals surface area contributed by atoms with Crippen molar-refractivity contribution in [3.63, 3.8) is 0 Å². The number of hydrogen-bond acceptors (Lipinski definition) is 5. The molecule has 2 N–H and O–H groups in total. The van der Waals surface area contributed by atoms with E-state index in [-0.39, 0.29) is 12.2 Å². The highest BCUT2D eigenvalue weighted by Gasteiger charge is 2.15. The van der Waals surface area contributed by atoms with Crippen molar-refractivity contribution in [3.8, 4) is 17.6 Å². The van der Waals surface area contributed by atoms with Crippen LogP contribution in [0.4, 0.5) is 0 Å². The molecular weight excluding hydrogens is 466 g/mol. The highest BCUT2D eigenvalue weighted by atomic mass is 16.5. The normalized spacial score (nSPS) is 11.2. The minimum Gasteiger partial charge on any atom is -0.490 e. The molecule has 3 aromatic carbocycles. The van der Waals surface area contributed by atoms with Gasteiger partial charge in [0, 0.05) is 5.56 Å². The van der Waals surface area contributed by atoms with Crippen molar-refractivity contribution in [2.24, 2.45) is 0 Å². The van der Waals surface area contributed by atoms with E-state index in [1.54, 1.807) is 36.4 Å². The first-order chi connectivity index (χ1) is 17.9. The number of carboxylic acid groups (broad SMARTS) is 1. The molecule has 186 valence electrons. The van der Waals surface area contributed by atoms with Crippen LogP contribution in [0, 0.1) is 18.3 Å². The van der Waals surface area contributed by atoms with Gasteiger partial charge in [0.05, 0.1) is 28.8 Å². The van der Waals surface area contributed by atoms with E-state index in [1.807, 2.05) is 44.2 Å². The number of nitrogens with zero attached hydrogens (tertiary/aromatic N) is 2. The summed E-state index contributed by atoms with van der Waals surface area (Å²) in [4.78, 5) is 18.9. The first kappa shape index (κ1) is 25.3. The molecule has 7 heteroatoms. The van der Waals surface area contributed by atoms with Gasteiger partial charge in [-0.05, 0) is 79.4 Å². The monoisotopic (exact) mass is 493 g/mol. The third-order valence-electron chi connectivity index (χ3n) is 5.73. The molecule has 0 spiro atoms. The third kappa shape index (κ3) is 5.88. The van der Waals surface area contributed by atoms with Crippen molar-refractivity contribution < 1.29 is 19.4 Å². The van der Waals surface area contributed by atoms with E-state index in [9.17, 15) is 10.1 Å². The molecule has 0 aliphatic rings. The Balaban J connectivity index is 1.69. The molecule has 0 fully saturated rings. The summed E-state index contributed by atoms with van der Waals surface area (Å²) >= 11 is 0. The number of nitriles is 1. The number of aromatic carboxylic acids is 1. The van der Waals surface area contributed by atoms with Gasteiger partial charge < -0.3 is 19.6 Å². The molecule has 0 radical (unpaired) electrons. The Labute approximate surface area is 215 Å². The minimum absolute atomic E-state index is 0.218. The summed E-state index contributed by atoms with van der Waals surface area (Å²) in [5.74, 6) is 0.653. The van der Waals surface area contributed by atoms with Gasteiger partial charge in [0.15, 0.2) is 11.5 Å². The van der Waals surface area contributed by atoms with Crippen molar-refractivity contribution in [2.45, 2.75) is 26.9 Å². The lowest BCUT2D eigenvalue weighted by molar-refractivity contribution is 0.0697. The van der Waals surface area contributed by atoms with Crippen LogP contribution in [-0.2, 0) is 13.0 Å². The number of ether oxygens (including phenoxy) is 2. The zero-order chi connectivity index (χ0) is 26.4.